The van der Waals surface area contributed by atoms with Gasteiger partial charge in [-0.05, 0) is 64.8 Å². The molecule has 1 heterocycles. The third-order valence-corrected chi connectivity index (χ3v) is 5.07. The van der Waals surface area contributed by atoms with E-state index >= 15 is 0 Å². The predicted octanol–water partition coefficient (Wildman–Crippen LogP) is 4.17. The van der Waals surface area contributed by atoms with Crippen LogP contribution in [0.15, 0.2) is 22.7 Å². The highest BCUT2D eigenvalue weighted by atomic mass is 79.9. The third-order valence-electron chi connectivity index (χ3n) is 4.44. The number of hydrogen-bond donors (Lipinski definition) is 1. The van der Waals surface area contributed by atoms with Crippen LogP contribution in [0.5, 0.6) is 5.75 Å². The van der Waals surface area contributed by atoms with Gasteiger partial charge >= 0.3 is 0 Å². The van der Waals surface area contributed by atoms with Crippen LogP contribution in [0.1, 0.15) is 38.7 Å². The summed E-state index contributed by atoms with van der Waals surface area (Å²) >= 11 is 3.38. The first-order valence-corrected chi connectivity index (χ1v) is 7.57. The zero-order chi connectivity index (χ0) is 13.2. The molecule has 0 spiro atoms. The summed E-state index contributed by atoms with van der Waals surface area (Å²) in [6.45, 7) is 8.01. The SMILES string of the molecule is CCC1(CC)CCN(Cc2ccc(O)c(Br)c2)C1. The Morgan fingerprint density at radius 1 is 1.33 bits per heavy atom. The molecule has 1 aromatic rings. The Morgan fingerprint density at radius 2 is 2.06 bits per heavy atom. The van der Waals surface area contributed by atoms with Crippen LogP contribution in [0.3, 0.4) is 0 Å². The third kappa shape index (κ3) is 2.89. The van der Waals surface area contributed by atoms with Gasteiger partial charge in [-0.1, -0.05) is 19.9 Å². The van der Waals surface area contributed by atoms with E-state index in [-0.39, 0.29) is 0 Å². The normalized spacial score (nSPS) is 19.3. The van der Waals surface area contributed by atoms with E-state index in [2.05, 4.69) is 34.7 Å². The zero-order valence-corrected chi connectivity index (χ0v) is 12.8. The fourth-order valence-corrected chi connectivity index (χ4v) is 3.32. The van der Waals surface area contributed by atoms with E-state index in [1.165, 1.54) is 37.9 Å². The largest absolute Gasteiger partial charge is 0.507 e. The van der Waals surface area contributed by atoms with Crippen molar-refractivity contribution in [3.8, 4) is 5.75 Å². The Morgan fingerprint density at radius 3 is 2.61 bits per heavy atom. The van der Waals surface area contributed by atoms with Gasteiger partial charge in [0.2, 0.25) is 0 Å². The average Bonchev–Trinajstić information content (AvgIpc) is 2.78. The molecule has 0 unspecified atom stereocenters. The Balaban J connectivity index is 2.01. The van der Waals surface area contributed by atoms with Crippen molar-refractivity contribution >= 4 is 15.9 Å². The van der Waals surface area contributed by atoms with Crippen molar-refractivity contribution in [2.75, 3.05) is 13.1 Å². The second-order valence-electron chi connectivity index (χ2n) is 5.45. The minimum atomic E-state index is 0.316. The molecular formula is C15H22BrNO. The molecule has 0 radical (unpaired) electrons. The molecule has 2 rings (SSSR count). The van der Waals surface area contributed by atoms with Crippen LogP contribution >= 0.6 is 15.9 Å². The fourth-order valence-electron chi connectivity index (χ4n) is 2.90. The maximum atomic E-state index is 9.50. The van der Waals surface area contributed by atoms with Gasteiger partial charge < -0.3 is 5.11 Å². The van der Waals surface area contributed by atoms with Crippen molar-refractivity contribution in [1.29, 1.82) is 0 Å². The standard InChI is InChI=1S/C15H22BrNO/c1-3-15(4-2)7-8-17(11-15)10-12-5-6-14(18)13(16)9-12/h5-6,9,18H,3-4,7-8,10-11H2,1-2H3. The zero-order valence-electron chi connectivity index (χ0n) is 11.2. The highest BCUT2D eigenvalue weighted by molar-refractivity contribution is 9.10. The van der Waals surface area contributed by atoms with Crippen LogP contribution in [-0.4, -0.2) is 23.1 Å². The average molecular weight is 312 g/mol. The lowest BCUT2D eigenvalue weighted by Crippen LogP contribution is -2.26. The smallest absolute Gasteiger partial charge is 0.129 e. The Bertz CT molecular complexity index is 415. The molecule has 0 aromatic heterocycles. The second kappa shape index (κ2) is 5.62. The first kappa shape index (κ1) is 13.9. The van der Waals surface area contributed by atoms with Crippen LogP contribution in [0.25, 0.3) is 0 Å². The van der Waals surface area contributed by atoms with Gasteiger partial charge in [0.15, 0.2) is 0 Å². The number of likely N-dealkylation sites (tertiary alicyclic amines) is 1. The summed E-state index contributed by atoms with van der Waals surface area (Å²) in [5.41, 5.74) is 1.80. The molecule has 1 fully saturated rings. The summed E-state index contributed by atoms with van der Waals surface area (Å²) < 4.78 is 0.788. The van der Waals surface area contributed by atoms with Gasteiger partial charge in [0.1, 0.15) is 5.75 Å². The molecule has 0 amide bonds. The fraction of sp³-hybridized carbons (Fsp3) is 0.600. The molecule has 0 atom stereocenters. The van der Waals surface area contributed by atoms with Gasteiger partial charge in [-0.3, -0.25) is 4.90 Å². The second-order valence-corrected chi connectivity index (χ2v) is 6.31. The number of aromatic hydroxyl groups is 1. The lowest BCUT2D eigenvalue weighted by atomic mass is 9.82. The number of benzene rings is 1. The molecule has 1 aromatic carbocycles. The Hall–Kier alpha value is -0.540. The molecular weight excluding hydrogens is 290 g/mol. The van der Waals surface area contributed by atoms with Crippen molar-refractivity contribution in [3.05, 3.63) is 28.2 Å². The summed E-state index contributed by atoms with van der Waals surface area (Å²) in [4.78, 5) is 2.53. The molecule has 100 valence electrons. The van der Waals surface area contributed by atoms with E-state index in [1.807, 2.05) is 12.1 Å². The molecule has 0 aliphatic carbocycles. The molecule has 2 nitrogen and oxygen atoms in total. The number of halogens is 1. The minimum Gasteiger partial charge on any atom is -0.507 e. The predicted molar refractivity (Wildman–Crippen MR) is 78.7 cm³/mol. The monoisotopic (exact) mass is 311 g/mol. The topological polar surface area (TPSA) is 23.5 Å². The van der Waals surface area contributed by atoms with Crippen LogP contribution in [-0.2, 0) is 6.54 Å². The van der Waals surface area contributed by atoms with Gasteiger partial charge in [-0.15, -0.1) is 0 Å². The first-order chi connectivity index (χ1) is 8.58. The van der Waals surface area contributed by atoms with Gasteiger partial charge in [0.05, 0.1) is 4.47 Å². The first-order valence-electron chi connectivity index (χ1n) is 6.78. The van der Waals surface area contributed by atoms with E-state index in [4.69, 9.17) is 0 Å². The number of phenolic OH excluding ortho intramolecular Hbond substituents is 1. The highest BCUT2D eigenvalue weighted by Crippen LogP contribution is 2.37. The van der Waals surface area contributed by atoms with Gasteiger partial charge in [0.25, 0.3) is 0 Å². The summed E-state index contributed by atoms with van der Waals surface area (Å²) in [6, 6.07) is 5.80. The number of rotatable bonds is 4. The molecule has 18 heavy (non-hydrogen) atoms. The molecule has 1 N–H and O–H groups in total. The number of hydrogen-bond acceptors (Lipinski definition) is 2. The maximum absolute atomic E-state index is 9.50. The lowest BCUT2D eigenvalue weighted by molar-refractivity contribution is 0.236. The summed E-state index contributed by atoms with van der Waals surface area (Å²) in [6.07, 6.45) is 3.87. The quantitative estimate of drug-likeness (QED) is 0.902. The van der Waals surface area contributed by atoms with Crippen molar-refractivity contribution in [1.82, 2.24) is 4.90 Å². The van der Waals surface area contributed by atoms with Crippen molar-refractivity contribution < 1.29 is 5.11 Å². The van der Waals surface area contributed by atoms with E-state index in [0.717, 1.165) is 11.0 Å². The molecule has 1 aliphatic heterocycles. The van der Waals surface area contributed by atoms with Crippen LogP contribution < -0.4 is 0 Å². The van der Waals surface area contributed by atoms with Crippen LogP contribution in [0.4, 0.5) is 0 Å². The van der Waals surface area contributed by atoms with Crippen LogP contribution in [0.2, 0.25) is 0 Å². The lowest BCUT2D eigenvalue weighted by Gasteiger charge is -2.26. The van der Waals surface area contributed by atoms with Crippen LogP contribution in [0, 0.1) is 5.41 Å². The molecule has 0 saturated carbocycles. The van der Waals surface area contributed by atoms with Gasteiger partial charge in [-0.2, -0.15) is 0 Å². The van der Waals surface area contributed by atoms with E-state index in [1.54, 1.807) is 6.07 Å². The molecule has 3 heteroatoms. The summed E-state index contributed by atoms with van der Waals surface area (Å²) in [5, 5.41) is 9.50. The summed E-state index contributed by atoms with van der Waals surface area (Å²) in [7, 11) is 0. The Kier molecular flexibility index (Phi) is 4.33. The van der Waals surface area contributed by atoms with Gasteiger partial charge in [-0.25, -0.2) is 0 Å². The number of phenols is 1. The Labute approximate surface area is 118 Å². The van der Waals surface area contributed by atoms with Crippen molar-refractivity contribution in [3.63, 3.8) is 0 Å². The molecule has 1 aliphatic rings. The van der Waals surface area contributed by atoms with E-state index in [0.29, 0.717) is 11.2 Å². The highest BCUT2D eigenvalue weighted by Gasteiger charge is 2.34. The van der Waals surface area contributed by atoms with Crippen molar-refractivity contribution in [2.45, 2.75) is 39.7 Å². The molecule has 1 saturated heterocycles. The van der Waals surface area contributed by atoms with E-state index in [9.17, 15) is 5.11 Å². The summed E-state index contributed by atoms with van der Waals surface area (Å²) in [5.74, 6) is 0.316. The maximum Gasteiger partial charge on any atom is 0.129 e. The number of nitrogens with zero attached hydrogens (tertiary/aromatic N) is 1. The van der Waals surface area contributed by atoms with E-state index < -0.39 is 0 Å². The van der Waals surface area contributed by atoms with Gasteiger partial charge in [0, 0.05) is 13.1 Å². The minimum absolute atomic E-state index is 0.316. The molecule has 0 bridgehead atoms. The van der Waals surface area contributed by atoms with Crippen molar-refractivity contribution in [2.24, 2.45) is 5.41 Å².